The third kappa shape index (κ3) is 1.72. The maximum absolute atomic E-state index is 12.1. The van der Waals surface area contributed by atoms with Crippen LogP contribution in [0.25, 0.3) is 0 Å². The van der Waals surface area contributed by atoms with Crippen LogP contribution in [0.15, 0.2) is 0 Å². The fourth-order valence-corrected chi connectivity index (χ4v) is 4.34. The number of rotatable bonds is 1. The molecule has 0 N–H and O–H groups in total. The zero-order chi connectivity index (χ0) is 11.9. The summed E-state index contributed by atoms with van der Waals surface area (Å²) >= 11 is 0. The number of carbonyl (C=O) groups is 1. The van der Waals surface area contributed by atoms with Gasteiger partial charge >= 0.3 is 0 Å². The summed E-state index contributed by atoms with van der Waals surface area (Å²) in [5.41, 5.74) is 0.373. The first-order valence-corrected chi connectivity index (χ1v) is 7.00. The Morgan fingerprint density at radius 3 is 2.44 bits per heavy atom. The standard InChI is InChI=1S/C15H26O/c1-10(2)13-6-5-12(4)15(13)8-7-11(3)14(16)9-15/h10-13H,5-9H2,1-4H3/t11-,12-,13-,15+/m0/s1. The molecule has 2 saturated carbocycles. The molecule has 0 aromatic heterocycles. The number of ketones is 1. The van der Waals surface area contributed by atoms with E-state index in [1.165, 1.54) is 19.3 Å². The van der Waals surface area contributed by atoms with Crippen molar-refractivity contribution in [3.05, 3.63) is 0 Å². The molecule has 0 heterocycles. The summed E-state index contributed by atoms with van der Waals surface area (Å²) in [4.78, 5) is 12.1. The van der Waals surface area contributed by atoms with Crippen molar-refractivity contribution in [2.45, 2.75) is 59.8 Å². The Balaban J connectivity index is 2.24. The molecule has 2 aliphatic rings. The summed E-state index contributed by atoms with van der Waals surface area (Å²) in [5.74, 6) is 3.15. The monoisotopic (exact) mass is 222 g/mol. The van der Waals surface area contributed by atoms with Gasteiger partial charge < -0.3 is 0 Å². The summed E-state index contributed by atoms with van der Waals surface area (Å²) in [5, 5.41) is 0. The fourth-order valence-electron chi connectivity index (χ4n) is 4.34. The first-order valence-electron chi connectivity index (χ1n) is 7.00. The lowest BCUT2D eigenvalue weighted by Gasteiger charge is -2.45. The van der Waals surface area contributed by atoms with Crippen molar-refractivity contribution in [2.24, 2.45) is 29.1 Å². The molecule has 1 nitrogen and oxygen atoms in total. The van der Waals surface area contributed by atoms with Gasteiger partial charge in [-0.25, -0.2) is 0 Å². The van der Waals surface area contributed by atoms with Crippen molar-refractivity contribution in [3.63, 3.8) is 0 Å². The molecule has 0 aromatic carbocycles. The minimum atomic E-state index is 0.325. The Morgan fingerprint density at radius 1 is 1.19 bits per heavy atom. The summed E-state index contributed by atoms with van der Waals surface area (Å²) in [6, 6.07) is 0. The lowest BCUT2D eigenvalue weighted by atomic mass is 9.59. The zero-order valence-electron chi connectivity index (χ0n) is 11.3. The van der Waals surface area contributed by atoms with Crippen LogP contribution in [0.3, 0.4) is 0 Å². The topological polar surface area (TPSA) is 17.1 Å². The summed E-state index contributed by atoms with van der Waals surface area (Å²) < 4.78 is 0. The van der Waals surface area contributed by atoms with Gasteiger partial charge in [0.1, 0.15) is 5.78 Å². The van der Waals surface area contributed by atoms with Gasteiger partial charge in [0, 0.05) is 12.3 Å². The molecular formula is C15H26O. The normalized spacial score (nSPS) is 44.6. The van der Waals surface area contributed by atoms with E-state index in [2.05, 4.69) is 27.7 Å². The van der Waals surface area contributed by atoms with Gasteiger partial charge in [0.2, 0.25) is 0 Å². The molecule has 0 saturated heterocycles. The highest BCUT2D eigenvalue weighted by molar-refractivity contribution is 5.82. The predicted molar refractivity (Wildman–Crippen MR) is 67.2 cm³/mol. The largest absolute Gasteiger partial charge is 0.299 e. The second-order valence-electron chi connectivity index (χ2n) is 6.64. The van der Waals surface area contributed by atoms with E-state index >= 15 is 0 Å². The smallest absolute Gasteiger partial charge is 0.136 e. The highest BCUT2D eigenvalue weighted by Gasteiger charge is 2.51. The van der Waals surface area contributed by atoms with Gasteiger partial charge in [-0.05, 0) is 48.9 Å². The second kappa shape index (κ2) is 4.16. The molecule has 0 aliphatic heterocycles. The molecule has 2 rings (SSSR count). The zero-order valence-corrected chi connectivity index (χ0v) is 11.3. The lowest BCUT2D eigenvalue weighted by molar-refractivity contribution is -0.131. The molecular weight excluding hydrogens is 196 g/mol. The van der Waals surface area contributed by atoms with E-state index in [1.807, 2.05) is 0 Å². The van der Waals surface area contributed by atoms with Gasteiger partial charge in [0.05, 0.1) is 0 Å². The van der Waals surface area contributed by atoms with Crippen LogP contribution in [-0.2, 0) is 4.79 Å². The van der Waals surface area contributed by atoms with E-state index in [0.717, 1.165) is 30.6 Å². The molecule has 0 amide bonds. The Hall–Kier alpha value is -0.330. The minimum Gasteiger partial charge on any atom is -0.299 e. The molecule has 2 aliphatic carbocycles. The second-order valence-corrected chi connectivity index (χ2v) is 6.64. The van der Waals surface area contributed by atoms with Gasteiger partial charge in [-0.15, -0.1) is 0 Å². The van der Waals surface area contributed by atoms with Crippen LogP contribution in [0.5, 0.6) is 0 Å². The number of carbonyl (C=O) groups excluding carboxylic acids is 1. The van der Waals surface area contributed by atoms with E-state index in [-0.39, 0.29) is 0 Å². The maximum atomic E-state index is 12.1. The number of Topliss-reactive ketones (excluding diaryl/α,β-unsaturated/α-hetero) is 1. The van der Waals surface area contributed by atoms with E-state index in [0.29, 0.717) is 17.1 Å². The van der Waals surface area contributed by atoms with Gasteiger partial charge in [-0.3, -0.25) is 4.79 Å². The first-order chi connectivity index (χ1) is 7.47. The van der Waals surface area contributed by atoms with Crippen molar-refractivity contribution in [1.29, 1.82) is 0 Å². The Morgan fingerprint density at radius 2 is 1.88 bits per heavy atom. The summed E-state index contributed by atoms with van der Waals surface area (Å²) in [7, 11) is 0. The van der Waals surface area contributed by atoms with Crippen molar-refractivity contribution < 1.29 is 4.79 Å². The Labute approximate surface area is 100.0 Å². The molecule has 16 heavy (non-hydrogen) atoms. The Kier molecular flexibility index (Phi) is 3.16. The van der Waals surface area contributed by atoms with Crippen molar-refractivity contribution in [1.82, 2.24) is 0 Å². The predicted octanol–water partition coefficient (Wildman–Crippen LogP) is 4.06. The van der Waals surface area contributed by atoms with Crippen LogP contribution in [0.4, 0.5) is 0 Å². The minimum absolute atomic E-state index is 0.325. The highest BCUT2D eigenvalue weighted by atomic mass is 16.1. The Bertz CT molecular complexity index is 281. The molecule has 0 unspecified atom stereocenters. The van der Waals surface area contributed by atoms with Gasteiger partial charge in [0.25, 0.3) is 0 Å². The average molecular weight is 222 g/mol. The maximum Gasteiger partial charge on any atom is 0.136 e. The van der Waals surface area contributed by atoms with E-state index in [4.69, 9.17) is 0 Å². The number of hydrogen-bond donors (Lipinski definition) is 0. The SMILES string of the molecule is CC(C)[C@@H]1CC[C@H](C)[C@]12CC[C@H](C)C(=O)C2. The molecule has 1 spiro atoms. The first kappa shape index (κ1) is 12.1. The lowest BCUT2D eigenvalue weighted by Crippen LogP contribution is -2.41. The van der Waals surface area contributed by atoms with E-state index < -0.39 is 0 Å². The van der Waals surface area contributed by atoms with Gasteiger partial charge in [-0.1, -0.05) is 27.7 Å². The fraction of sp³-hybridized carbons (Fsp3) is 0.933. The van der Waals surface area contributed by atoms with Crippen LogP contribution >= 0.6 is 0 Å². The molecule has 0 aromatic rings. The van der Waals surface area contributed by atoms with Gasteiger partial charge in [0.15, 0.2) is 0 Å². The molecule has 2 fully saturated rings. The van der Waals surface area contributed by atoms with Crippen molar-refractivity contribution in [2.75, 3.05) is 0 Å². The third-order valence-electron chi connectivity index (χ3n) is 5.53. The van der Waals surface area contributed by atoms with Crippen LogP contribution < -0.4 is 0 Å². The summed E-state index contributed by atoms with van der Waals surface area (Å²) in [6.07, 6.45) is 5.99. The van der Waals surface area contributed by atoms with Crippen LogP contribution in [0.1, 0.15) is 59.8 Å². The van der Waals surface area contributed by atoms with Crippen molar-refractivity contribution >= 4 is 5.78 Å². The molecule has 0 bridgehead atoms. The van der Waals surface area contributed by atoms with Crippen LogP contribution in [0.2, 0.25) is 0 Å². The molecule has 92 valence electrons. The van der Waals surface area contributed by atoms with Crippen molar-refractivity contribution in [3.8, 4) is 0 Å². The van der Waals surface area contributed by atoms with Crippen LogP contribution in [-0.4, -0.2) is 5.78 Å². The molecule has 4 atom stereocenters. The molecule has 0 radical (unpaired) electrons. The van der Waals surface area contributed by atoms with E-state index in [9.17, 15) is 4.79 Å². The van der Waals surface area contributed by atoms with Crippen LogP contribution in [0, 0.1) is 29.1 Å². The summed E-state index contributed by atoms with van der Waals surface area (Å²) in [6.45, 7) is 9.17. The quantitative estimate of drug-likeness (QED) is 0.654. The van der Waals surface area contributed by atoms with Gasteiger partial charge in [-0.2, -0.15) is 0 Å². The molecule has 1 heteroatoms. The average Bonchev–Trinajstić information content (AvgIpc) is 2.51. The third-order valence-corrected chi connectivity index (χ3v) is 5.53. The highest BCUT2D eigenvalue weighted by Crippen LogP contribution is 2.58. The van der Waals surface area contributed by atoms with E-state index in [1.54, 1.807) is 0 Å². The number of hydrogen-bond acceptors (Lipinski definition) is 1.